The van der Waals surface area contributed by atoms with Gasteiger partial charge in [0.2, 0.25) is 0 Å². The summed E-state index contributed by atoms with van der Waals surface area (Å²) in [5.41, 5.74) is 0.642. The number of alkyl carbamates (subject to hydrolysis) is 1. The molecule has 176 valence electrons. The van der Waals surface area contributed by atoms with Crippen LogP contribution < -0.4 is 16.0 Å². The summed E-state index contributed by atoms with van der Waals surface area (Å²) in [7, 11) is 1.72. The number of guanidine groups is 1. The number of morpholine rings is 1. The van der Waals surface area contributed by atoms with E-state index in [4.69, 9.17) is 21.1 Å². The van der Waals surface area contributed by atoms with Gasteiger partial charge in [0.05, 0.1) is 19.3 Å². The van der Waals surface area contributed by atoms with Crippen LogP contribution in [0.4, 0.5) is 4.79 Å². The Bertz CT molecular complexity index is 709. The molecule has 2 rings (SSSR count). The monoisotopic (exact) mass is 567 g/mol. The van der Waals surface area contributed by atoms with Gasteiger partial charge in [-0.2, -0.15) is 0 Å². The van der Waals surface area contributed by atoms with E-state index in [0.29, 0.717) is 25.6 Å². The van der Waals surface area contributed by atoms with Crippen molar-refractivity contribution in [3.63, 3.8) is 0 Å². The summed E-state index contributed by atoms with van der Waals surface area (Å²) >= 11 is 6.22. The van der Waals surface area contributed by atoms with Gasteiger partial charge < -0.3 is 25.4 Å². The van der Waals surface area contributed by atoms with Crippen molar-refractivity contribution in [1.82, 2.24) is 20.9 Å². The summed E-state index contributed by atoms with van der Waals surface area (Å²) < 4.78 is 10.7. The second-order valence-corrected chi connectivity index (χ2v) is 8.46. The first kappa shape index (κ1) is 27.7. The standard InChI is InChI=1S/C21H34ClN5O3.HI/c1-21(2,3)30-20(28)25-9-8-24-19(23-4)26-15-18(27-10-12-29-13-11-27)16-6-5-7-17(22)14-16;/h5-7,14,18H,8-13,15H2,1-4H3,(H,25,28)(H2,23,24,26);1H. The number of carbonyl (C=O) groups excluding carboxylic acids is 1. The third kappa shape index (κ3) is 10.7. The zero-order valence-electron chi connectivity index (χ0n) is 18.7. The predicted octanol–water partition coefficient (Wildman–Crippen LogP) is 3.02. The molecule has 0 aliphatic carbocycles. The SMILES string of the molecule is CN=C(NCCNC(=O)OC(C)(C)C)NCC(c1cccc(Cl)c1)N1CCOCC1.I. The average Bonchev–Trinajstić information content (AvgIpc) is 2.69. The van der Waals surface area contributed by atoms with Gasteiger partial charge in [-0.15, -0.1) is 24.0 Å². The van der Waals surface area contributed by atoms with Gasteiger partial charge in [0.1, 0.15) is 5.60 Å². The fourth-order valence-corrected chi connectivity index (χ4v) is 3.33. The number of rotatable bonds is 7. The zero-order valence-corrected chi connectivity index (χ0v) is 21.8. The van der Waals surface area contributed by atoms with Crippen LogP contribution in [-0.4, -0.2) is 75.5 Å². The highest BCUT2D eigenvalue weighted by Crippen LogP contribution is 2.23. The van der Waals surface area contributed by atoms with Crippen molar-refractivity contribution in [1.29, 1.82) is 0 Å². The van der Waals surface area contributed by atoms with Crippen molar-refractivity contribution in [2.24, 2.45) is 4.99 Å². The summed E-state index contributed by atoms with van der Waals surface area (Å²) in [5.74, 6) is 0.668. The van der Waals surface area contributed by atoms with E-state index in [-0.39, 0.29) is 30.0 Å². The van der Waals surface area contributed by atoms with Gasteiger partial charge in [-0.1, -0.05) is 23.7 Å². The summed E-state index contributed by atoms with van der Waals surface area (Å²) in [4.78, 5) is 18.4. The van der Waals surface area contributed by atoms with Crippen LogP contribution in [0.1, 0.15) is 32.4 Å². The maximum atomic E-state index is 11.7. The van der Waals surface area contributed by atoms with E-state index in [9.17, 15) is 4.79 Å². The fourth-order valence-electron chi connectivity index (χ4n) is 3.13. The highest BCUT2D eigenvalue weighted by Gasteiger charge is 2.23. The van der Waals surface area contributed by atoms with Crippen LogP contribution in [-0.2, 0) is 9.47 Å². The molecule has 0 aromatic heterocycles. The van der Waals surface area contributed by atoms with Crippen molar-refractivity contribution in [2.75, 3.05) is 53.0 Å². The van der Waals surface area contributed by atoms with Crippen molar-refractivity contribution >= 4 is 47.6 Å². The van der Waals surface area contributed by atoms with Crippen molar-refractivity contribution in [3.05, 3.63) is 34.9 Å². The molecule has 0 spiro atoms. The number of nitrogens with one attached hydrogen (secondary N) is 3. The fraction of sp³-hybridized carbons (Fsp3) is 0.619. The number of ether oxygens (including phenoxy) is 2. The van der Waals surface area contributed by atoms with E-state index in [0.717, 1.165) is 36.9 Å². The molecular formula is C21H35ClIN5O3. The summed E-state index contributed by atoms with van der Waals surface area (Å²) in [6.07, 6.45) is -0.430. The van der Waals surface area contributed by atoms with Crippen LogP contribution >= 0.6 is 35.6 Å². The van der Waals surface area contributed by atoms with Crippen molar-refractivity contribution < 1.29 is 14.3 Å². The van der Waals surface area contributed by atoms with Gasteiger partial charge in [-0.05, 0) is 38.5 Å². The molecule has 1 heterocycles. The maximum Gasteiger partial charge on any atom is 0.407 e. The average molecular weight is 568 g/mol. The third-order valence-corrected chi connectivity index (χ3v) is 4.73. The quantitative estimate of drug-likeness (QED) is 0.203. The normalized spacial score (nSPS) is 16.1. The lowest BCUT2D eigenvalue weighted by atomic mass is 10.0. The molecule has 0 bridgehead atoms. The molecule has 0 radical (unpaired) electrons. The van der Waals surface area contributed by atoms with Gasteiger partial charge in [0.15, 0.2) is 5.96 Å². The van der Waals surface area contributed by atoms with Crippen LogP contribution in [0.3, 0.4) is 0 Å². The number of halogens is 2. The van der Waals surface area contributed by atoms with Gasteiger partial charge >= 0.3 is 6.09 Å². The van der Waals surface area contributed by atoms with Gasteiger partial charge in [-0.25, -0.2) is 4.79 Å². The minimum Gasteiger partial charge on any atom is -0.444 e. The van der Waals surface area contributed by atoms with Gasteiger partial charge in [0, 0.05) is 44.8 Å². The second kappa shape index (κ2) is 14.0. The molecular weight excluding hydrogens is 533 g/mol. The Morgan fingerprint density at radius 3 is 2.52 bits per heavy atom. The Balaban J connectivity index is 0.00000480. The van der Waals surface area contributed by atoms with Gasteiger partial charge in [-0.3, -0.25) is 9.89 Å². The molecule has 3 N–H and O–H groups in total. The smallest absolute Gasteiger partial charge is 0.407 e. The van der Waals surface area contributed by atoms with Crippen LogP contribution in [0.5, 0.6) is 0 Å². The van der Waals surface area contributed by atoms with Gasteiger partial charge in [0.25, 0.3) is 0 Å². The van der Waals surface area contributed by atoms with Crippen LogP contribution in [0.25, 0.3) is 0 Å². The molecule has 1 aromatic rings. The van der Waals surface area contributed by atoms with Crippen LogP contribution in [0, 0.1) is 0 Å². The zero-order chi connectivity index (χ0) is 22.0. The number of amides is 1. The number of carbonyl (C=O) groups is 1. The molecule has 10 heteroatoms. The minimum atomic E-state index is -0.510. The Morgan fingerprint density at radius 1 is 1.23 bits per heavy atom. The molecule has 1 aliphatic heterocycles. The largest absolute Gasteiger partial charge is 0.444 e. The molecule has 1 atom stereocenters. The first-order valence-corrected chi connectivity index (χ1v) is 10.6. The Morgan fingerprint density at radius 2 is 1.90 bits per heavy atom. The molecule has 1 aromatic carbocycles. The lowest BCUT2D eigenvalue weighted by molar-refractivity contribution is 0.0170. The Labute approximate surface area is 207 Å². The van der Waals surface area contributed by atoms with Crippen molar-refractivity contribution in [2.45, 2.75) is 32.4 Å². The molecule has 1 aliphatic rings. The topological polar surface area (TPSA) is 87.2 Å². The van der Waals surface area contributed by atoms with Crippen molar-refractivity contribution in [3.8, 4) is 0 Å². The number of hydrogen-bond donors (Lipinski definition) is 3. The van der Waals surface area contributed by atoms with E-state index in [2.05, 4.69) is 31.9 Å². The molecule has 1 fully saturated rings. The van der Waals surface area contributed by atoms with E-state index >= 15 is 0 Å². The van der Waals surface area contributed by atoms with E-state index in [1.807, 2.05) is 39.0 Å². The van der Waals surface area contributed by atoms with E-state index in [1.165, 1.54) is 0 Å². The lowest BCUT2D eigenvalue weighted by Gasteiger charge is -2.35. The number of nitrogens with zero attached hydrogens (tertiary/aromatic N) is 2. The second-order valence-electron chi connectivity index (χ2n) is 8.03. The molecule has 1 unspecified atom stereocenters. The van der Waals surface area contributed by atoms with Crippen LogP contribution in [0.15, 0.2) is 29.3 Å². The molecule has 1 saturated heterocycles. The molecule has 0 saturated carbocycles. The number of hydrogen-bond acceptors (Lipinski definition) is 5. The summed E-state index contributed by atoms with van der Waals surface area (Å²) in [5, 5.41) is 10.0. The predicted molar refractivity (Wildman–Crippen MR) is 136 cm³/mol. The Hall–Kier alpha value is -1.30. The number of benzene rings is 1. The highest BCUT2D eigenvalue weighted by atomic mass is 127. The molecule has 31 heavy (non-hydrogen) atoms. The van der Waals surface area contributed by atoms with E-state index in [1.54, 1.807) is 7.05 Å². The Kier molecular flexibility index (Phi) is 12.5. The molecule has 1 amide bonds. The summed E-state index contributed by atoms with van der Waals surface area (Å²) in [6.45, 7) is 10.3. The number of aliphatic imine (C=N–C) groups is 1. The first-order chi connectivity index (χ1) is 14.3. The lowest BCUT2D eigenvalue weighted by Crippen LogP contribution is -2.47. The highest BCUT2D eigenvalue weighted by molar-refractivity contribution is 14.0. The third-order valence-electron chi connectivity index (χ3n) is 4.49. The van der Waals surface area contributed by atoms with Crippen LogP contribution in [0.2, 0.25) is 5.02 Å². The van der Waals surface area contributed by atoms with E-state index < -0.39 is 11.7 Å². The first-order valence-electron chi connectivity index (χ1n) is 10.3. The maximum absolute atomic E-state index is 11.7. The minimum absolute atomic E-state index is 0. The molecule has 8 nitrogen and oxygen atoms in total. The summed E-state index contributed by atoms with van der Waals surface area (Å²) in [6, 6.07) is 8.10.